The molecule has 0 saturated heterocycles. The molecule has 8 nitrogen and oxygen atoms in total. The molecule has 0 radical (unpaired) electrons. The van der Waals surface area contributed by atoms with Crippen LogP contribution in [0.5, 0.6) is 0 Å². The van der Waals surface area contributed by atoms with Gasteiger partial charge in [-0.25, -0.2) is 3.97 Å². The molecule has 0 bridgehead atoms. The van der Waals surface area contributed by atoms with E-state index in [1.54, 1.807) is 32.3 Å². The van der Waals surface area contributed by atoms with E-state index in [9.17, 15) is 13.2 Å². The van der Waals surface area contributed by atoms with E-state index >= 15 is 0 Å². The molecule has 0 aromatic carbocycles. The maximum Gasteiger partial charge on any atom is 0.287 e. The summed E-state index contributed by atoms with van der Waals surface area (Å²) in [4.78, 5) is 15.9. The van der Waals surface area contributed by atoms with Gasteiger partial charge in [-0.05, 0) is 25.1 Å². The van der Waals surface area contributed by atoms with Crippen molar-refractivity contribution in [1.82, 2.24) is 13.8 Å². The van der Waals surface area contributed by atoms with Crippen molar-refractivity contribution in [2.45, 2.75) is 11.9 Å². The van der Waals surface area contributed by atoms with Crippen LogP contribution in [0.4, 0.5) is 5.69 Å². The second-order valence-corrected chi connectivity index (χ2v) is 6.42. The molecule has 0 atom stereocenters. The fourth-order valence-electron chi connectivity index (χ4n) is 1.84. The number of aryl methyl sites for hydroxylation is 1. The third kappa shape index (κ3) is 3.57. The van der Waals surface area contributed by atoms with Gasteiger partial charge in [0.15, 0.2) is 5.03 Å². The molecule has 23 heavy (non-hydrogen) atoms. The minimum atomic E-state index is -3.78. The summed E-state index contributed by atoms with van der Waals surface area (Å²) >= 11 is 0. The molecule has 0 aliphatic carbocycles. The summed E-state index contributed by atoms with van der Waals surface area (Å²) in [6, 6.07) is 2.89. The first kappa shape index (κ1) is 16.7. The van der Waals surface area contributed by atoms with E-state index in [0.29, 0.717) is 5.69 Å². The minimum absolute atomic E-state index is 0.0711. The summed E-state index contributed by atoms with van der Waals surface area (Å²) in [5.41, 5.74) is 0.591. The number of rotatable bonds is 5. The van der Waals surface area contributed by atoms with Gasteiger partial charge in [-0.3, -0.25) is 14.5 Å². The zero-order valence-electron chi connectivity index (χ0n) is 13.0. The third-order valence-electron chi connectivity index (χ3n) is 2.95. The van der Waals surface area contributed by atoms with Crippen LogP contribution in [0.25, 0.3) is 0 Å². The molecule has 0 fully saturated rings. The van der Waals surface area contributed by atoms with Crippen LogP contribution in [-0.2, 0) is 21.9 Å². The van der Waals surface area contributed by atoms with Crippen molar-refractivity contribution >= 4 is 27.3 Å². The van der Waals surface area contributed by atoms with E-state index in [2.05, 4.69) is 15.4 Å². The lowest BCUT2D eigenvalue weighted by molar-refractivity contribution is -0.110. The SMILES string of the molecule is CC=CC(=NC)C(=O)Nc1ccn(S(=O)(=O)c2ccn(C)n2)c1. The molecule has 9 heteroatoms. The van der Waals surface area contributed by atoms with Crippen molar-refractivity contribution in [3.63, 3.8) is 0 Å². The van der Waals surface area contributed by atoms with Crippen molar-refractivity contribution in [3.05, 3.63) is 42.9 Å². The highest BCUT2D eigenvalue weighted by Crippen LogP contribution is 2.15. The minimum Gasteiger partial charge on any atom is -0.319 e. The van der Waals surface area contributed by atoms with Crippen LogP contribution in [0, 0.1) is 0 Å². The number of hydrogen-bond donors (Lipinski definition) is 1. The summed E-state index contributed by atoms with van der Waals surface area (Å²) in [7, 11) is -0.642. The third-order valence-corrected chi connectivity index (χ3v) is 4.48. The van der Waals surface area contributed by atoms with E-state index in [1.165, 1.54) is 36.3 Å². The smallest absolute Gasteiger partial charge is 0.287 e. The van der Waals surface area contributed by atoms with Crippen molar-refractivity contribution in [2.75, 3.05) is 12.4 Å². The second-order valence-electron chi connectivity index (χ2n) is 4.63. The molecule has 2 heterocycles. The van der Waals surface area contributed by atoms with Crippen molar-refractivity contribution in [2.24, 2.45) is 12.0 Å². The largest absolute Gasteiger partial charge is 0.319 e. The first-order valence-electron chi connectivity index (χ1n) is 6.72. The number of aromatic nitrogens is 3. The van der Waals surface area contributed by atoms with Crippen LogP contribution in [-0.4, -0.2) is 40.8 Å². The normalized spacial score (nSPS) is 12.7. The average molecular weight is 335 g/mol. The number of allylic oxidation sites excluding steroid dienone is 1. The Morgan fingerprint density at radius 1 is 1.35 bits per heavy atom. The van der Waals surface area contributed by atoms with Crippen LogP contribution in [0.1, 0.15) is 6.92 Å². The fourth-order valence-corrected chi connectivity index (χ4v) is 3.00. The van der Waals surface area contributed by atoms with Gasteiger partial charge in [-0.2, -0.15) is 13.5 Å². The van der Waals surface area contributed by atoms with Gasteiger partial charge in [0.2, 0.25) is 0 Å². The molecule has 2 rings (SSSR count). The van der Waals surface area contributed by atoms with Crippen molar-refractivity contribution < 1.29 is 13.2 Å². The summed E-state index contributed by atoms with van der Waals surface area (Å²) in [6.45, 7) is 1.77. The van der Waals surface area contributed by atoms with Gasteiger partial charge >= 0.3 is 0 Å². The molecule has 2 aromatic rings. The van der Waals surface area contributed by atoms with E-state index in [-0.39, 0.29) is 10.7 Å². The molecule has 0 aliphatic rings. The molecule has 0 aliphatic heterocycles. The number of nitrogens with one attached hydrogen (secondary N) is 1. The van der Waals surface area contributed by atoms with E-state index in [0.717, 1.165) is 3.97 Å². The van der Waals surface area contributed by atoms with Gasteiger partial charge in [0.25, 0.3) is 15.9 Å². The van der Waals surface area contributed by atoms with Gasteiger partial charge in [0.05, 0.1) is 5.69 Å². The molecular formula is C14H17N5O3S. The Kier molecular flexibility index (Phi) is 4.80. The Labute approximate surface area is 134 Å². The predicted molar refractivity (Wildman–Crippen MR) is 87.0 cm³/mol. The number of amides is 1. The number of hydrogen-bond acceptors (Lipinski definition) is 5. The van der Waals surface area contributed by atoms with Gasteiger partial charge in [0.1, 0.15) is 5.71 Å². The van der Waals surface area contributed by atoms with Gasteiger partial charge < -0.3 is 5.32 Å². The molecule has 0 unspecified atom stereocenters. The second kappa shape index (κ2) is 6.61. The van der Waals surface area contributed by atoms with E-state index < -0.39 is 15.9 Å². The monoisotopic (exact) mass is 335 g/mol. The summed E-state index contributed by atoms with van der Waals surface area (Å²) in [5.74, 6) is -0.418. The van der Waals surface area contributed by atoms with Crippen LogP contribution < -0.4 is 5.32 Å². The number of carbonyl (C=O) groups is 1. The van der Waals surface area contributed by atoms with Crippen LogP contribution in [0.3, 0.4) is 0 Å². The fraction of sp³-hybridized carbons (Fsp3) is 0.214. The van der Waals surface area contributed by atoms with E-state index in [1.807, 2.05) is 0 Å². The van der Waals surface area contributed by atoms with Crippen molar-refractivity contribution in [3.8, 4) is 0 Å². The predicted octanol–water partition coefficient (Wildman–Crippen LogP) is 1.04. The summed E-state index contributed by atoms with van der Waals surface area (Å²) in [6.07, 6.45) is 7.46. The van der Waals surface area contributed by atoms with Gasteiger partial charge in [0, 0.05) is 32.7 Å². The first-order chi connectivity index (χ1) is 10.9. The maximum absolute atomic E-state index is 12.4. The summed E-state index contributed by atoms with van der Waals surface area (Å²) in [5, 5.41) is 6.41. The zero-order valence-corrected chi connectivity index (χ0v) is 13.8. The van der Waals surface area contributed by atoms with Crippen LogP contribution >= 0.6 is 0 Å². The molecule has 1 amide bonds. The topological polar surface area (TPSA) is 98.4 Å². The Bertz CT molecular complexity index is 874. The van der Waals surface area contributed by atoms with E-state index in [4.69, 9.17) is 0 Å². The number of anilines is 1. The molecule has 122 valence electrons. The average Bonchev–Trinajstić information content (AvgIpc) is 3.14. The van der Waals surface area contributed by atoms with Crippen molar-refractivity contribution in [1.29, 1.82) is 0 Å². The lowest BCUT2D eigenvalue weighted by Gasteiger charge is -2.03. The highest BCUT2D eigenvalue weighted by Gasteiger charge is 2.20. The highest BCUT2D eigenvalue weighted by atomic mass is 32.2. The van der Waals surface area contributed by atoms with Gasteiger partial charge in [-0.1, -0.05) is 6.08 Å². The molecule has 0 spiro atoms. The highest BCUT2D eigenvalue weighted by molar-refractivity contribution is 7.89. The molecule has 0 saturated carbocycles. The Hall–Kier alpha value is -2.68. The Balaban J connectivity index is 2.23. The van der Waals surface area contributed by atoms with Crippen LogP contribution in [0.15, 0.2) is 52.9 Å². The summed E-state index contributed by atoms with van der Waals surface area (Å²) < 4.78 is 27.2. The molecular weight excluding hydrogens is 318 g/mol. The Morgan fingerprint density at radius 3 is 2.65 bits per heavy atom. The zero-order chi connectivity index (χ0) is 17.0. The van der Waals surface area contributed by atoms with Crippen LogP contribution in [0.2, 0.25) is 0 Å². The number of nitrogens with zero attached hydrogens (tertiary/aromatic N) is 4. The molecule has 1 N–H and O–H groups in total. The Morgan fingerprint density at radius 2 is 2.09 bits per heavy atom. The maximum atomic E-state index is 12.4. The lowest BCUT2D eigenvalue weighted by Crippen LogP contribution is -2.21. The van der Waals surface area contributed by atoms with Gasteiger partial charge in [-0.15, -0.1) is 0 Å². The standard InChI is InChI=1S/C14H17N5O3S/c1-4-5-12(15-2)14(20)16-11-6-9-19(10-11)23(21,22)13-7-8-18(3)17-13/h4-10H,1-3H3,(H,16,20). The number of aliphatic imine (C=N–C) groups is 1. The lowest BCUT2D eigenvalue weighted by atomic mass is 10.3. The molecule has 2 aromatic heterocycles. The quantitative estimate of drug-likeness (QED) is 0.826. The number of carbonyl (C=O) groups excluding carboxylic acids is 1. The first-order valence-corrected chi connectivity index (χ1v) is 8.16.